The van der Waals surface area contributed by atoms with Crippen molar-refractivity contribution < 1.29 is 40.7 Å². The summed E-state index contributed by atoms with van der Waals surface area (Å²) < 4.78 is 0. The molecule has 5 heteroatoms. The van der Waals surface area contributed by atoms with Crippen LogP contribution in [0.4, 0.5) is 11.4 Å². The van der Waals surface area contributed by atoms with Crippen LogP contribution in [-0.2, 0) is 9.59 Å². The number of carbonyl (C=O) groups excluding carboxylic acids is 2. The molecule has 1 aromatic carbocycles. The molecule has 1 rings (SSSR count). The molecule has 0 aromatic heterocycles. The smallest absolute Gasteiger partial charge is 0.167 e. The largest absolute Gasteiger partial charge is 0.419 e. The molecule has 0 atom stereocenters. The molecule has 0 aliphatic heterocycles. The summed E-state index contributed by atoms with van der Waals surface area (Å²) in [5.74, 6) is -0.377. The van der Waals surface area contributed by atoms with Crippen LogP contribution >= 0.6 is 0 Å². The van der Waals surface area contributed by atoms with E-state index in [0.29, 0.717) is 11.4 Å². The van der Waals surface area contributed by atoms with E-state index in [2.05, 4.69) is 5.32 Å². The zero-order valence-electron chi connectivity index (χ0n) is 7.86. The summed E-state index contributed by atoms with van der Waals surface area (Å²) in [5.41, 5.74) is 6.71. The summed E-state index contributed by atoms with van der Waals surface area (Å²) in [7, 11) is 0. The third-order valence-electron chi connectivity index (χ3n) is 1.48. The van der Waals surface area contributed by atoms with Crippen molar-refractivity contribution in [1.29, 1.82) is 0 Å². The number of carbonyl (C=O) groups is 1. The minimum absolute atomic E-state index is 0. The zero-order valence-corrected chi connectivity index (χ0v) is 12.0. The number of nitrogens with two attached hydrogens (primary N) is 1. The number of benzene rings is 1. The Morgan fingerprint density at radius 3 is 2.47 bits per heavy atom. The average molecular weight is 427 g/mol. The molecule has 0 unspecified atom stereocenters. The molecule has 3 N–H and O–H groups in total. The molecule has 0 saturated heterocycles. The Labute approximate surface area is 111 Å². The van der Waals surface area contributed by atoms with Crippen molar-refractivity contribution in [3.05, 3.63) is 36.4 Å². The molecule has 0 fully saturated rings. The van der Waals surface area contributed by atoms with Crippen LogP contribution in [-0.4, -0.2) is 12.2 Å². The van der Waals surface area contributed by atoms with Gasteiger partial charge in [0.25, 0.3) is 0 Å². The van der Waals surface area contributed by atoms with Gasteiger partial charge in [0.05, 0.1) is 0 Å². The first-order chi connectivity index (χ1) is 6.72. The number of hydrogen-bond acceptors (Lipinski definition) is 3. The molecule has 0 aliphatic rings. The first-order valence-corrected chi connectivity index (χ1v) is 3.93. The van der Waals surface area contributed by atoms with E-state index < -0.39 is 0 Å². The van der Waals surface area contributed by atoms with Crippen LogP contribution in [0.2, 0.25) is 0 Å². The summed E-state index contributed by atoms with van der Waals surface area (Å²) in [6.45, 7) is 0. The topological polar surface area (TPSA) is 72.2 Å². The molecule has 0 aliphatic carbocycles. The van der Waals surface area contributed by atoms with Crippen LogP contribution in [0.5, 0.6) is 0 Å². The van der Waals surface area contributed by atoms with Crippen molar-refractivity contribution in [2.75, 3.05) is 11.1 Å². The summed E-state index contributed by atoms with van der Waals surface area (Å²) in [6.07, 6.45) is 3.59. The normalized spacial score (nSPS) is 9.33. The Morgan fingerprint density at radius 1 is 1.33 bits per heavy atom. The molecule has 1 amide bonds. The van der Waals surface area contributed by atoms with Crippen LogP contribution in [0.25, 0.3) is 0 Å². The van der Waals surface area contributed by atoms with Crippen LogP contribution in [0.3, 0.4) is 0 Å². The van der Waals surface area contributed by atoms with Gasteiger partial charge in [0.1, 0.15) is 0 Å². The van der Waals surface area contributed by atoms with Gasteiger partial charge < -0.3 is 15.8 Å². The molecule has 1 aromatic rings. The summed E-state index contributed by atoms with van der Waals surface area (Å²) >= 11 is 0. The van der Waals surface area contributed by atoms with Crippen molar-refractivity contribution >= 4 is 23.6 Å². The van der Waals surface area contributed by atoms with Gasteiger partial charge in [-0.2, -0.15) is 6.08 Å². The number of hydrogen-bond donors (Lipinski definition) is 2. The molecule has 0 spiro atoms. The van der Waals surface area contributed by atoms with Gasteiger partial charge in [-0.3, -0.25) is 4.79 Å². The molecule has 0 heterocycles. The molecule has 76 valence electrons. The molecule has 4 nitrogen and oxygen atoms in total. The van der Waals surface area contributed by atoms with Crippen LogP contribution in [0, 0.1) is 31.1 Å². The summed E-state index contributed by atoms with van der Waals surface area (Å²) in [6, 6.07) is 6.69. The van der Waals surface area contributed by atoms with Crippen LogP contribution in [0.1, 0.15) is 0 Å². The number of amides is 1. The second kappa shape index (κ2) is 7.27. The van der Waals surface area contributed by atoms with E-state index in [0.717, 1.165) is 12.2 Å². The van der Waals surface area contributed by atoms with E-state index in [9.17, 15) is 9.59 Å². The first-order valence-electron chi connectivity index (χ1n) is 3.93. The van der Waals surface area contributed by atoms with E-state index in [4.69, 9.17) is 5.73 Å². The SMILES string of the molecule is Nc1ccc(NC(=O)/C=C\[C-]=O)cc1.[U]. The first kappa shape index (κ1) is 14.0. The van der Waals surface area contributed by atoms with Gasteiger partial charge in [0, 0.05) is 42.5 Å². The minimum atomic E-state index is -0.377. The van der Waals surface area contributed by atoms with Gasteiger partial charge in [-0.25, -0.2) is 0 Å². The predicted molar refractivity (Wildman–Crippen MR) is 54.3 cm³/mol. The standard InChI is InChI=1S/C10H9N2O2.U/c11-8-3-5-9(6-4-8)12-10(14)2-1-7-13;/h1-6H,11H2,(H,12,14);/q-1;/b2-1-;. The Kier molecular flexibility index (Phi) is 6.76. The summed E-state index contributed by atoms with van der Waals surface area (Å²) in [5, 5.41) is 2.54. The van der Waals surface area contributed by atoms with Crippen molar-refractivity contribution in [1.82, 2.24) is 0 Å². The molecule has 0 radical (unpaired) electrons. The van der Waals surface area contributed by atoms with E-state index >= 15 is 0 Å². The van der Waals surface area contributed by atoms with Crippen LogP contribution < -0.4 is 11.1 Å². The van der Waals surface area contributed by atoms with Gasteiger partial charge in [-0.05, 0) is 30.6 Å². The van der Waals surface area contributed by atoms with E-state index in [1.807, 2.05) is 0 Å². The number of allylic oxidation sites excluding steroid dienone is 1. The van der Waals surface area contributed by atoms with Gasteiger partial charge in [0.15, 0.2) is 5.91 Å². The fourth-order valence-corrected chi connectivity index (χ4v) is 0.860. The zero-order chi connectivity index (χ0) is 10.4. The van der Waals surface area contributed by atoms with E-state index in [1.165, 1.54) is 6.29 Å². The number of anilines is 2. The Hall–Kier alpha value is -1.05. The molecule has 15 heavy (non-hydrogen) atoms. The van der Waals surface area contributed by atoms with Gasteiger partial charge in [0.2, 0.25) is 0 Å². The second-order valence-corrected chi connectivity index (χ2v) is 2.56. The van der Waals surface area contributed by atoms with Crippen molar-refractivity contribution in [2.24, 2.45) is 0 Å². The monoisotopic (exact) mass is 427 g/mol. The average Bonchev–Trinajstić information content (AvgIpc) is 2.18. The molecule has 0 bridgehead atoms. The Bertz CT molecular complexity index is 360. The van der Waals surface area contributed by atoms with Crippen molar-refractivity contribution in [2.45, 2.75) is 0 Å². The fraction of sp³-hybridized carbons (Fsp3) is 0. The number of nitrogens with one attached hydrogen (secondary N) is 1. The fourth-order valence-electron chi connectivity index (χ4n) is 0.860. The molecular formula is C10H9N2O2U-. The van der Waals surface area contributed by atoms with Crippen LogP contribution in [0.15, 0.2) is 36.4 Å². The Morgan fingerprint density at radius 2 is 1.93 bits per heavy atom. The van der Waals surface area contributed by atoms with Gasteiger partial charge >= 0.3 is 0 Å². The third kappa shape index (κ3) is 5.41. The van der Waals surface area contributed by atoms with Gasteiger partial charge in [-0.1, -0.05) is 0 Å². The van der Waals surface area contributed by atoms with Crippen molar-refractivity contribution in [3.63, 3.8) is 0 Å². The Balaban J connectivity index is 0.00000196. The molecule has 0 saturated carbocycles. The van der Waals surface area contributed by atoms with E-state index in [-0.39, 0.29) is 37.0 Å². The van der Waals surface area contributed by atoms with Gasteiger partial charge in [-0.15, -0.1) is 6.08 Å². The maximum atomic E-state index is 11.0. The maximum absolute atomic E-state index is 11.0. The van der Waals surface area contributed by atoms with E-state index in [1.54, 1.807) is 24.3 Å². The number of nitrogen functional groups attached to an aromatic ring is 1. The minimum Gasteiger partial charge on any atom is -0.419 e. The molecular weight excluding hydrogens is 418 g/mol. The second-order valence-electron chi connectivity index (χ2n) is 2.56. The predicted octanol–water partition coefficient (Wildman–Crippen LogP) is 0.873. The summed E-state index contributed by atoms with van der Waals surface area (Å²) in [4.78, 5) is 20.8. The number of rotatable bonds is 3. The maximum Gasteiger partial charge on any atom is 0.167 e. The third-order valence-corrected chi connectivity index (χ3v) is 1.48. The quantitative estimate of drug-likeness (QED) is 0.428. The van der Waals surface area contributed by atoms with Crippen molar-refractivity contribution in [3.8, 4) is 0 Å².